The van der Waals surface area contributed by atoms with Gasteiger partial charge in [-0.25, -0.2) is 0 Å². The molecule has 18 heavy (non-hydrogen) atoms. The highest BCUT2D eigenvalue weighted by molar-refractivity contribution is 9.10. The first kappa shape index (κ1) is 13.3. The molecule has 0 aromatic heterocycles. The Hall–Kier alpha value is -1.14. The maximum atomic E-state index is 11.0. The molecule has 0 aliphatic heterocycles. The highest BCUT2D eigenvalue weighted by atomic mass is 79.9. The average Bonchev–Trinajstić information content (AvgIpc) is 2.26. The molecule has 1 saturated carbocycles. The van der Waals surface area contributed by atoms with Gasteiger partial charge in [0.1, 0.15) is 5.69 Å². The van der Waals surface area contributed by atoms with Gasteiger partial charge in [0.25, 0.3) is 5.69 Å². The molecular formula is C12H15BrN2O3. The van der Waals surface area contributed by atoms with Crippen molar-refractivity contribution in [1.82, 2.24) is 0 Å². The minimum atomic E-state index is -0.367. The number of nitro groups is 1. The Morgan fingerprint density at radius 2 is 2.22 bits per heavy atom. The van der Waals surface area contributed by atoms with E-state index in [2.05, 4.69) is 15.9 Å². The summed E-state index contributed by atoms with van der Waals surface area (Å²) < 4.78 is 0.823. The highest BCUT2D eigenvalue weighted by Crippen LogP contribution is 2.34. The number of aliphatic hydroxyl groups excluding tert-OH is 1. The van der Waals surface area contributed by atoms with Crippen molar-refractivity contribution in [3.05, 3.63) is 32.8 Å². The van der Waals surface area contributed by atoms with Crippen LogP contribution < -0.4 is 4.90 Å². The predicted molar refractivity (Wildman–Crippen MR) is 72.8 cm³/mol. The summed E-state index contributed by atoms with van der Waals surface area (Å²) in [4.78, 5) is 12.5. The standard InChI is InChI=1S/C12H15BrN2O3/c1-14(7-8-4-10(16)5-8)12-6-9(13)2-3-11(12)15(17)18/h2-3,6,8,10,16H,4-5,7H2,1H3. The van der Waals surface area contributed by atoms with Crippen molar-refractivity contribution in [2.45, 2.75) is 18.9 Å². The zero-order valence-corrected chi connectivity index (χ0v) is 11.6. The Bertz CT molecular complexity index is 461. The molecule has 1 aliphatic rings. The Labute approximate surface area is 114 Å². The number of benzene rings is 1. The van der Waals surface area contributed by atoms with Crippen LogP contribution in [-0.2, 0) is 0 Å². The van der Waals surface area contributed by atoms with Crippen LogP contribution in [0.2, 0.25) is 0 Å². The number of aliphatic hydroxyl groups is 1. The van der Waals surface area contributed by atoms with Gasteiger partial charge in [0.2, 0.25) is 0 Å². The van der Waals surface area contributed by atoms with Crippen LogP contribution in [0.25, 0.3) is 0 Å². The molecule has 0 saturated heterocycles. The molecule has 0 spiro atoms. The fraction of sp³-hybridized carbons (Fsp3) is 0.500. The molecule has 6 heteroatoms. The molecule has 1 aromatic carbocycles. The summed E-state index contributed by atoms with van der Waals surface area (Å²) in [5, 5.41) is 20.2. The van der Waals surface area contributed by atoms with Crippen LogP contribution in [0, 0.1) is 16.0 Å². The minimum absolute atomic E-state index is 0.112. The molecule has 0 unspecified atom stereocenters. The molecule has 2 rings (SSSR count). The van der Waals surface area contributed by atoms with Gasteiger partial charge in [-0.3, -0.25) is 10.1 Å². The molecule has 0 amide bonds. The number of rotatable bonds is 4. The Morgan fingerprint density at radius 1 is 1.56 bits per heavy atom. The molecule has 98 valence electrons. The van der Waals surface area contributed by atoms with Gasteiger partial charge in [-0.15, -0.1) is 0 Å². The van der Waals surface area contributed by atoms with Crippen LogP contribution in [0.5, 0.6) is 0 Å². The van der Waals surface area contributed by atoms with Crippen LogP contribution >= 0.6 is 15.9 Å². The van der Waals surface area contributed by atoms with E-state index in [4.69, 9.17) is 0 Å². The maximum Gasteiger partial charge on any atom is 0.292 e. The van der Waals surface area contributed by atoms with Crippen molar-refractivity contribution in [3.63, 3.8) is 0 Å². The molecule has 0 atom stereocenters. The molecule has 1 fully saturated rings. The van der Waals surface area contributed by atoms with Crippen molar-refractivity contribution in [1.29, 1.82) is 0 Å². The highest BCUT2D eigenvalue weighted by Gasteiger charge is 2.29. The van der Waals surface area contributed by atoms with E-state index in [1.165, 1.54) is 6.07 Å². The van der Waals surface area contributed by atoms with Gasteiger partial charge in [0.05, 0.1) is 11.0 Å². The van der Waals surface area contributed by atoms with E-state index in [0.717, 1.165) is 23.9 Å². The van der Waals surface area contributed by atoms with Crippen molar-refractivity contribution in [3.8, 4) is 0 Å². The normalized spacial score (nSPS) is 22.4. The van der Waals surface area contributed by atoms with E-state index in [9.17, 15) is 15.2 Å². The molecular weight excluding hydrogens is 300 g/mol. The van der Waals surface area contributed by atoms with Crippen LogP contribution in [0.1, 0.15) is 12.8 Å². The summed E-state index contributed by atoms with van der Waals surface area (Å²) in [5.41, 5.74) is 0.719. The van der Waals surface area contributed by atoms with E-state index in [1.54, 1.807) is 12.1 Å². The number of nitrogens with zero attached hydrogens (tertiary/aromatic N) is 2. The summed E-state index contributed by atoms with van der Waals surface area (Å²) in [5.74, 6) is 0.420. The van der Waals surface area contributed by atoms with E-state index in [0.29, 0.717) is 11.6 Å². The smallest absolute Gasteiger partial charge is 0.292 e. The van der Waals surface area contributed by atoms with Gasteiger partial charge >= 0.3 is 0 Å². The fourth-order valence-electron chi connectivity index (χ4n) is 2.29. The zero-order valence-electron chi connectivity index (χ0n) is 10.0. The summed E-state index contributed by atoms with van der Waals surface area (Å²) in [7, 11) is 1.85. The van der Waals surface area contributed by atoms with Gasteiger partial charge in [0, 0.05) is 24.1 Å². The van der Waals surface area contributed by atoms with Gasteiger partial charge in [0.15, 0.2) is 0 Å². The first-order valence-corrected chi connectivity index (χ1v) is 6.60. The quantitative estimate of drug-likeness (QED) is 0.685. The SMILES string of the molecule is CN(CC1CC(O)C1)c1cc(Br)ccc1[N+](=O)[O-]. The Morgan fingerprint density at radius 3 is 2.78 bits per heavy atom. The minimum Gasteiger partial charge on any atom is -0.393 e. The molecule has 0 heterocycles. The average molecular weight is 315 g/mol. The topological polar surface area (TPSA) is 66.6 Å². The zero-order chi connectivity index (χ0) is 13.3. The first-order valence-electron chi connectivity index (χ1n) is 5.80. The van der Waals surface area contributed by atoms with Crippen LogP contribution in [-0.4, -0.2) is 29.7 Å². The lowest BCUT2D eigenvalue weighted by Crippen LogP contribution is -2.37. The maximum absolute atomic E-state index is 11.0. The van der Waals surface area contributed by atoms with Crippen molar-refractivity contribution < 1.29 is 10.0 Å². The summed E-state index contributed by atoms with van der Waals surface area (Å²) in [6.45, 7) is 0.731. The second-order valence-electron chi connectivity index (χ2n) is 4.76. The summed E-state index contributed by atoms with van der Waals surface area (Å²) in [6, 6.07) is 4.93. The number of halogens is 1. The lowest BCUT2D eigenvalue weighted by molar-refractivity contribution is -0.384. The molecule has 1 aliphatic carbocycles. The van der Waals surface area contributed by atoms with Crippen LogP contribution in [0.4, 0.5) is 11.4 Å². The van der Waals surface area contributed by atoms with Gasteiger partial charge in [-0.05, 0) is 30.9 Å². The van der Waals surface area contributed by atoms with Crippen LogP contribution in [0.3, 0.4) is 0 Å². The second kappa shape index (κ2) is 5.24. The molecule has 1 aromatic rings. The van der Waals surface area contributed by atoms with Gasteiger partial charge in [-0.1, -0.05) is 15.9 Å². The molecule has 1 N–H and O–H groups in total. The van der Waals surface area contributed by atoms with Gasteiger partial charge < -0.3 is 10.0 Å². The molecule has 5 nitrogen and oxygen atoms in total. The van der Waals surface area contributed by atoms with Crippen molar-refractivity contribution >= 4 is 27.3 Å². The van der Waals surface area contributed by atoms with Crippen molar-refractivity contribution in [2.75, 3.05) is 18.5 Å². The number of hydrogen-bond donors (Lipinski definition) is 1. The Balaban J connectivity index is 2.15. The third kappa shape index (κ3) is 2.81. The fourth-order valence-corrected chi connectivity index (χ4v) is 2.64. The third-order valence-corrected chi connectivity index (χ3v) is 3.78. The van der Waals surface area contributed by atoms with Gasteiger partial charge in [-0.2, -0.15) is 0 Å². The lowest BCUT2D eigenvalue weighted by Gasteiger charge is -2.35. The Kier molecular flexibility index (Phi) is 3.87. The number of hydrogen-bond acceptors (Lipinski definition) is 4. The van der Waals surface area contributed by atoms with Crippen LogP contribution in [0.15, 0.2) is 22.7 Å². The second-order valence-corrected chi connectivity index (χ2v) is 5.68. The number of anilines is 1. The predicted octanol–water partition coefficient (Wildman–Crippen LogP) is 2.56. The third-order valence-electron chi connectivity index (χ3n) is 3.29. The molecule has 0 bridgehead atoms. The summed E-state index contributed by atoms with van der Waals surface area (Å²) >= 11 is 3.33. The van der Waals surface area contributed by atoms with E-state index >= 15 is 0 Å². The first-order chi connectivity index (χ1) is 8.47. The monoisotopic (exact) mass is 314 g/mol. The van der Waals surface area contributed by atoms with E-state index in [-0.39, 0.29) is 16.7 Å². The van der Waals surface area contributed by atoms with E-state index < -0.39 is 0 Å². The largest absolute Gasteiger partial charge is 0.393 e. The summed E-state index contributed by atoms with van der Waals surface area (Å²) in [6.07, 6.45) is 1.37. The number of nitro benzene ring substituents is 1. The van der Waals surface area contributed by atoms with E-state index in [1.807, 2.05) is 11.9 Å². The lowest BCUT2D eigenvalue weighted by atomic mass is 9.82. The van der Waals surface area contributed by atoms with Crippen molar-refractivity contribution in [2.24, 2.45) is 5.92 Å². The molecule has 0 radical (unpaired) electrons.